The summed E-state index contributed by atoms with van der Waals surface area (Å²) in [6, 6.07) is 9.90. The molecule has 0 aliphatic carbocycles. The number of rotatable bonds is 12. The summed E-state index contributed by atoms with van der Waals surface area (Å²) in [4.78, 5) is 41.8. The van der Waals surface area contributed by atoms with Crippen molar-refractivity contribution in [1.29, 1.82) is 0 Å². The second-order valence-electron chi connectivity index (χ2n) is 7.60. The highest BCUT2D eigenvalue weighted by atomic mass is 32.1. The third-order valence-electron chi connectivity index (χ3n) is 5.39. The maximum Gasteiger partial charge on any atom is 0.260 e. The molecule has 4 N–H and O–H groups in total. The molecule has 10 nitrogen and oxygen atoms in total. The summed E-state index contributed by atoms with van der Waals surface area (Å²) in [6.07, 6.45) is 0. The predicted molar refractivity (Wildman–Crippen MR) is 132 cm³/mol. The van der Waals surface area contributed by atoms with E-state index in [0.29, 0.717) is 14.8 Å². The molecule has 0 bridgehead atoms. The Balaban J connectivity index is 2.09. The number of hydrogen-bond donors (Lipinski definition) is 4. The molecule has 2 amide bonds. The lowest BCUT2D eigenvalue weighted by Gasteiger charge is -2.22. The summed E-state index contributed by atoms with van der Waals surface area (Å²) >= 11 is 1.24. The van der Waals surface area contributed by atoms with Crippen molar-refractivity contribution in [3.63, 3.8) is 0 Å². The van der Waals surface area contributed by atoms with E-state index in [1.807, 2.05) is 0 Å². The van der Waals surface area contributed by atoms with Gasteiger partial charge in [0.15, 0.2) is 12.0 Å². The van der Waals surface area contributed by atoms with Crippen molar-refractivity contribution >= 4 is 43.3 Å². The molecule has 0 fully saturated rings. The van der Waals surface area contributed by atoms with Gasteiger partial charge >= 0.3 is 0 Å². The number of aliphatic hydroxyl groups is 4. The lowest BCUT2D eigenvalue weighted by Crippen LogP contribution is -2.39. The van der Waals surface area contributed by atoms with Crippen molar-refractivity contribution in [2.75, 3.05) is 59.2 Å². The average molecular weight is 505 g/mol. The molecule has 3 rings (SSSR count). The van der Waals surface area contributed by atoms with Gasteiger partial charge in [0.1, 0.15) is 5.75 Å². The Morgan fingerprint density at radius 1 is 0.829 bits per heavy atom. The van der Waals surface area contributed by atoms with Crippen molar-refractivity contribution in [3.8, 4) is 5.75 Å². The zero-order chi connectivity index (χ0) is 25.4. The van der Waals surface area contributed by atoms with E-state index >= 15 is 0 Å². The Kier molecular flexibility index (Phi) is 9.52. The second kappa shape index (κ2) is 12.6. The van der Waals surface area contributed by atoms with Gasteiger partial charge < -0.3 is 35.0 Å². The van der Waals surface area contributed by atoms with Crippen molar-refractivity contribution < 1.29 is 34.8 Å². The normalized spacial score (nSPS) is 11.1. The van der Waals surface area contributed by atoms with Gasteiger partial charge in [0, 0.05) is 36.3 Å². The van der Waals surface area contributed by atoms with Gasteiger partial charge in [-0.2, -0.15) is 0 Å². The minimum absolute atomic E-state index is 0.00953. The quantitative estimate of drug-likeness (QED) is 0.253. The molecule has 0 atom stereocenters. The molecule has 0 radical (unpaired) electrons. The lowest BCUT2D eigenvalue weighted by atomic mass is 10.1. The van der Waals surface area contributed by atoms with Crippen LogP contribution in [-0.2, 0) is 4.79 Å². The molecule has 1 aromatic heterocycles. The van der Waals surface area contributed by atoms with E-state index in [9.17, 15) is 24.6 Å². The number of nitrogens with zero attached hydrogens (tertiary/aromatic N) is 2. The number of amides is 2. The van der Waals surface area contributed by atoms with E-state index in [2.05, 4.69) is 0 Å². The first kappa shape index (κ1) is 26.5. The van der Waals surface area contributed by atoms with E-state index in [-0.39, 0.29) is 74.7 Å². The topological polar surface area (TPSA) is 148 Å². The second-order valence-corrected chi connectivity index (χ2v) is 8.65. The van der Waals surface area contributed by atoms with Crippen molar-refractivity contribution in [2.45, 2.75) is 0 Å². The molecular weight excluding hydrogens is 476 g/mol. The van der Waals surface area contributed by atoms with Gasteiger partial charge in [-0.05, 0) is 24.3 Å². The molecule has 0 saturated carbocycles. The maximum absolute atomic E-state index is 13.5. The van der Waals surface area contributed by atoms with Gasteiger partial charge in [0.2, 0.25) is 0 Å². The Bertz CT molecular complexity index is 1230. The summed E-state index contributed by atoms with van der Waals surface area (Å²) in [5.41, 5.74) is -0.264. The zero-order valence-electron chi connectivity index (χ0n) is 19.1. The standard InChI is InChI=1S/C24H28N2O8S/c27-11-7-25(8-12-28)20(31)15-34-18-6-5-17(24(33)26(9-13-29)10-14-30)21-22(32)16-3-1-2-4-19(16)35-23(18)21/h1-6,27-30H,7-15H2. The Morgan fingerprint density at radius 2 is 1.43 bits per heavy atom. The van der Waals surface area contributed by atoms with Crippen LogP contribution in [0.2, 0.25) is 0 Å². The number of ether oxygens (including phenoxy) is 1. The van der Waals surface area contributed by atoms with Crippen molar-refractivity contribution in [1.82, 2.24) is 9.80 Å². The first-order valence-corrected chi connectivity index (χ1v) is 11.9. The number of carbonyl (C=O) groups excluding carboxylic acids is 2. The molecule has 35 heavy (non-hydrogen) atoms. The van der Waals surface area contributed by atoms with E-state index in [1.165, 1.54) is 33.3 Å². The van der Waals surface area contributed by atoms with Gasteiger partial charge in [-0.15, -0.1) is 11.3 Å². The van der Waals surface area contributed by atoms with Crippen LogP contribution >= 0.6 is 11.3 Å². The first-order valence-electron chi connectivity index (χ1n) is 11.1. The number of fused-ring (bicyclic) bond motifs is 2. The molecule has 2 aromatic carbocycles. The molecule has 0 unspecified atom stereocenters. The smallest absolute Gasteiger partial charge is 0.260 e. The van der Waals surface area contributed by atoms with Gasteiger partial charge in [0.25, 0.3) is 11.8 Å². The predicted octanol–water partition coefficient (Wildman–Crippen LogP) is 0.0335. The van der Waals surface area contributed by atoms with Crippen LogP contribution in [0.15, 0.2) is 41.2 Å². The molecule has 188 valence electrons. The third kappa shape index (κ3) is 5.95. The molecular formula is C24H28N2O8S. The SMILES string of the molecule is O=C(COc1ccc(C(=O)N(CCO)CCO)c2c(=O)c3ccccc3sc12)N(CCO)CCO. The molecule has 0 aliphatic heterocycles. The van der Waals surface area contributed by atoms with Crippen LogP contribution in [-0.4, -0.2) is 101 Å². The lowest BCUT2D eigenvalue weighted by molar-refractivity contribution is -0.134. The summed E-state index contributed by atoms with van der Waals surface area (Å²) in [7, 11) is 0. The zero-order valence-corrected chi connectivity index (χ0v) is 19.9. The summed E-state index contributed by atoms with van der Waals surface area (Å²) in [5, 5.41) is 37.5. The van der Waals surface area contributed by atoms with E-state index in [4.69, 9.17) is 14.9 Å². The molecule has 1 heterocycles. The van der Waals surface area contributed by atoms with Crippen LogP contribution in [0.3, 0.4) is 0 Å². The van der Waals surface area contributed by atoms with E-state index < -0.39 is 18.4 Å². The minimum atomic E-state index is -0.516. The summed E-state index contributed by atoms with van der Waals surface area (Å²) < 4.78 is 6.82. The van der Waals surface area contributed by atoms with Gasteiger partial charge in [-0.1, -0.05) is 12.1 Å². The molecule has 3 aromatic rings. The van der Waals surface area contributed by atoms with Gasteiger partial charge in [0.05, 0.1) is 42.1 Å². The minimum Gasteiger partial charge on any atom is -0.482 e. The van der Waals surface area contributed by atoms with Crippen LogP contribution < -0.4 is 10.2 Å². The highest BCUT2D eigenvalue weighted by Gasteiger charge is 2.23. The Labute approximate surface area is 205 Å². The third-order valence-corrected chi connectivity index (χ3v) is 6.58. The first-order chi connectivity index (χ1) is 17.0. The summed E-state index contributed by atoms with van der Waals surface area (Å²) in [5.74, 6) is -0.731. The number of benzene rings is 2. The molecule has 11 heteroatoms. The Morgan fingerprint density at radius 3 is 2.06 bits per heavy atom. The van der Waals surface area contributed by atoms with Crippen LogP contribution in [0.4, 0.5) is 0 Å². The maximum atomic E-state index is 13.5. The van der Waals surface area contributed by atoms with Crippen LogP contribution in [0.5, 0.6) is 5.75 Å². The van der Waals surface area contributed by atoms with Crippen molar-refractivity contribution in [2.24, 2.45) is 0 Å². The Hall–Kier alpha value is -3.09. The fourth-order valence-corrected chi connectivity index (χ4v) is 4.90. The molecule has 0 saturated heterocycles. The number of aliphatic hydroxyl groups excluding tert-OH is 4. The average Bonchev–Trinajstić information content (AvgIpc) is 2.86. The number of hydrogen-bond acceptors (Lipinski definition) is 9. The van der Waals surface area contributed by atoms with Crippen LogP contribution in [0, 0.1) is 0 Å². The van der Waals surface area contributed by atoms with E-state index in [0.717, 1.165) is 0 Å². The molecule has 0 aliphatic rings. The van der Waals surface area contributed by atoms with E-state index in [1.54, 1.807) is 24.3 Å². The summed E-state index contributed by atoms with van der Waals surface area (Å²) in [6.45, 7) is -1.47. The van der Waals surface area contributed by atoms with Gasteiger partial charge in [-0.3, -0.25) is 14.4 Å². The van der Waals surface area contributed by atoms with Crippen LogP contribution in [0.1, 0.15) is 10.4 Å². The monoisotopic (exact) mass is 504 g/mol. The van der Waals surface area contributed by atoms with Gasteiger partial charge in [-0.25, -0.2) is 0 Å². The number of carbonyl (C=O) groups is 2. The molecule has 0 spiro atoms. The van der Waals surface area contributed by atoms with Crippen LogP contribution in [0.25, 0.3) is 20.2 Å². The highest BCUT2D eigenvalue weighted by Crippen LogP contribution is 2.34. The van der Waals surface area contributed by atoms with Crippen molar-refractivity contribution in [3.05, 3.63) is 52.2 Å². The fraction of sp³-hybridized carbons (Fsp3) is 0.375. The highest BCUT2D eigenvalue weighted by molar-refractivity contribution is 7.25. The fourth-order valence-electron chi connectivity index (χ4n) is 3.73. The largest absolute Gasteiger partial charge is 0.482 e.